The summed E-state index contributed by atoms with van der Waals surface area (Å²) in [6.07, 6.45) is 1.72. The maximum atomic E-state index is 5.44. The summed E-state index contributed by atoms with van der Waals surface area (Å²) in [4.78, 5) is 8.05. The highest BCUT2D eigenvalue weighted by atomic mass is 16.3. The Bertz CT molecular complexity index is 762. The van der Waals surface area contributed by atoms with Crippen LogP contribution in [0.2, 0.25) is 0 Å². The number of aromatic amines is 1. The largest absolute Gasteiger partial charge is 0.467 e. The van der Waals surface area contributed by atoms with Gasteiger partial charge in [-0.3, -0.25) is 0 Å². The highest BCUT2D eigenvalue weighted by molar-refractivity contribution is 5.79. The van der Waals surface area contributed by atoms with Crippen molar-refractivity contribution < 1.29 is 4.42 Å². The molecule has 0 fully saturated rings. The van der Waals surface area contributed by atoms with Gasteiger partial charge in [-0.05, 0) is 36.8 Å². The molecule has 3 rings (SSSR count). The van der Waals surface area contributed by atoms with Crippen LogP contribution >= 0.6 is 0 Å². The van der Waals surface area contributed by atoms with E-state index in [1.807, 2.05) is 25.1 Å². The third kappa shape index (κ3) is 2.79. The summed E-state index contributed by atoms with van der Waals surface area (Å²) in [7, 11) is 0. The van der Waals surface area contributed by atoms with Crippen LogP contribution in [0, 0.1) is 6.92 Å². The molecular weight excluding hydrogens is 262 g/mol. The first kappa shape index (κ1) is 13.7. The Kier molecular flexibility index (Phi) is 3.24. The normalized spacial score (nSPS) is 12.0. The number of aromatic nitrogens is 2. The number of nitrogens with zero attached hydrogens (tertiary/aromatic N) is 1. The van der Waals surface area contributed by atoms with E-state index in [0.717, 1.165) is 28.3 Å². The Labute approximate surface area is 124 Å². The molecule has 2 N–H and O–H groups in total. The number of fused-ring (bicyclic) bond motifs is 1. The Hall–Kier alpha value is -2.23. The highest BCUT2D eigenvalue weighted by Gasteiger charge is 2.18. The van der Waals surface area contributed by atoms with Gasteiger partial charge in [0.2, 0.25) is 0 Å². The van der Waals surface area contributed by atoms with Crippen molar-refractivity contribution in [2.24, 2.45) is 0 Å². The summed E-state index contributed by atoms with van der Waals surface area (Å²) < 4.78 is 5.44. The number of benzene rings is 1. The molecule has 21 heavy (non-hydrogen) atoms. The first-order valence-corrected chi connectivity index (χ1v) is 7.20. The van der Waals surface area contributed by atoms with Gasteiger partial charge in [-0.15, -0.1) is 0 Å². The quantitative estimate of drug-likeness (QED) is 0.750. The van der Waals surface area contributed by atoms with Crippen molar-refractivity contribution in [1.82, 2.24) is 9.97 Å². The average molecular weight is 283 g/mol. The summed E-state index contributed by atoms with van der Waals surface area (Å²) >= 11 is 0. The first-order valence-electron chi connectivity index (χ1n) is 7.20. The molecule has 0 radical (unpaired) electrons. The lowest BCUT2D eigenvalue weighted by Gasteiger charge is -2.13. The molecule has 4 heteroatoms. The minimum atomic E-state index is 0.0257. The van der Waals surface area contributed by atoms with Crippen molar-refractivity contribution in [2.75, 3.05) is 5.32 Å². The van der Waals surface area contributed by atoms with Gasteiger partial charge in [0.1, 0.15) is 11.6 Å². The van der Waals surface area contributed by atoms with Crippen LogP contribution in [0.1, 0.15) is 37.9 Å². The van der Waals surface area contributed by atoms with Crippen molar-refractivity contribution in [1.29, 1.82) is 0 Å². The topological polar surface area (TPSA) is 53.9 Å². The molecule has 1 aromatic carbocycles. The van der Waals surface area contributed by atoms with Gasteiger partial charge < -0.3 is 14.7 Å². The van der Waals surface area contributed by atoms with E-state index in [0.29, 0.717) is 6.54 Å². The number of H-pyrrole nitrogens is 1. The monoisotopic (exact) mass is 283 g/mol. The Balaban J connectivity index is 1.82. The third-order valence-corrected chi connectivity index (χ3v) is 3.61. The van der Waals surface area contributed by atoms with Gasteiger partial charge in [-0.25, -0.2) is 4.98 Å². The van der Waals surface area contributed by atoms with Gasteiger partial charge in [0.25, 0.3) is 0 Å². The molecule has 0 aliphatic rings. The highest BCUT2D eigenvalue weighted by Crippen LogP contribution is 2.24. The Morgan fingerprint density at radius 3 is 2.71 bits per heavy atom. The van der Waals surface area contributed by atoms with Crippen molar-refractivity contribution in [3.63, 3.8) is 0 Å². The fourth-order valence-corrected chi connectivity index (χ4v) is 2.24. The van der Waals surface area contributed by atoms with E-state index in [9.17, 15) is 0 Å². The van der Waals surface area contributed by atoms with Crippen LogP contribution in [-0.4, -0.2) is 9.97 Å². The number of furan rings is 1. The second-order valence-electron chi connectivity index (χ2n) is 6.45. The molecule has 0 saturated carbocycles. The molecule has 3 aromatic rings. The molecule has 0 amide bonds. The molecule has 0 unspecified atom stereocenters. The lowest BCUT2D eigenvalue weighted by atomic mass is 9.96. The molecule has 110 valence electrons. The van der Waals surface area contributed by atoms with E-state index in [1.165, 1.54) is 5.56 Å². The third-order valence-electron chi connectivity index (χ3n) is 3.61. The zero-order valence-electron chi connectivity index (χ0n) is 12.9. The Morgan fingerprint density at radius 1 is 1.24 bits per heavy atom. The van der Waals surface area contributed by atoms with E-state index in [1.54, 1.807) is 6.26 Å². The molecule has 0 bridgehead atoms. The number of hydrogen-bond donors (Lipinski definition) is 2. The van der Waals surface area contributed by atoms with Gasteiger partial charge in [0, 0.05) is 11.1 Å². The molecular formula is C17H21N3O. The van der Waals surface area contributed by atoms with Crippen LogP contribution < -0.4 is 5.32 Å². The lowest BCUT2D eigenvalue weighted by Crippen LogP contribution is -2.12. The van der Waals surface area contributed by atoms with Crippen LogP contribution in [0.5, 0.6) is 0 Å². The standard InChI is InChI=1S/C17H21N3O/c1-11-7-8-21-15(11)10-18-12-5-6-13-14(9-12)20-16(19-13)17(2,3)4/h5-9,18H,10H2,1-4H3,(H,19,20). The van der Waals surface area contributed by atoms with Crippen LogP contribution in [0.25, 0.3) is 11.0 Å². The number of nitrogens with one attached hydrogen (secondary N) is 2. The Morgan fingerprint density at radius 2 is 2.05 bits per heavy atom. The minimum Gasteiger partial charge on any atom is -0.467 e. The maximum absolute atomic E-state index is 5.44. The van der Waals surface area contributed by atoms with Crippen LogP contribution in [0.4, 0.5) is 5.69 Å². The second kappa shape index (κ2) is 4.95. The molecule has 0 saturated heterocycles. The number of rotatable bonds is 3. The number of hydrogen-bond acceptors (Lipinski definition) is 3. The number of imidazole rings is 1. The van der Waals surface area contributed by atoms with E-state index in [-0.39, 0.29) is 5.41 Å². The molecule has 2 aromatic heterocycles. The number of aryl methyl sites for hydroxylation is 1. The van der Waals surface area contributed by atoms with Gasteiger partial charge in [0.15, 0.2) is 0 Å². The van der Waals surface area contributed by atoms with Gasteiger partial charge in [-0.2, -0.15) is 0 Å². The molecule has 2 heterocycles. The van der Waals surface area contributed by atoms with E-state index >= 15 is 0 Å². The van der Waals surface area contributed by atoms with Crippen molar-refractivity contribution >= 4 is 16.7 Å². The van der Waals surface area contributed by atoms with Crippen LogP contribution in [0.15, 0.2) is 34.9 Å². The summed E-state index contributed by atoms with van der Waals surface area (Å²) in [6, 6.07) is 8.16. The van der Waals surface area contributed by atoms with Gasteiger partial charge in [0.05, 0.1) is 23.8 Å². The van der Waals surface area contributed by atoms with Crippen molar-refractivity contribution in [3.8, 4) is 0 Å². The van der Waals surface area contributed by atoms with Crippen LogP contribution in [0.3, 0.4) is 0 Å². The SMILES string of the molecule is Cc1ccoc1CNc1ccc2nc(C(C)(C)C)[nH]c2c1. The first-order chi connectivity index (χ1) is 9.93. The van der Waals surface area contributed by atoms with Crippen molar-refractivity contribution in [3.05, 3.63) is 47.7 Å². The predicted octanol–water partition coefficient (Wildman–Crippen LogP) is 4.37. The van der Waals surface area contributed by atoms with E-state index < -0.39 is 0 Å². The molecule has 4 nitrogen and oxygen atoms in total. The molecule has 0 spiro atoms. The lowest BCUT2D eigenvalue weighted by molar-refractivity contribution is 0.515. The summed E-state index contributed by atoms with van der Waals surface area (Å²) in [5.41, 5.74) is 4.31. The van der Waals surface area contributed by atoms with Gasteiger partial charge >= 0.3 is 0 Å². The fourth-order valence-electron chi connectivity index (χ4n) is 2.24. The zero-order valence-corrected chi connectivity index (χ0v) is 12.9. The minimum absolute atomic E-state index is 0.0257. The molecule has 0 atom stereocenters. The van der Waals surface area contributed by atoms with Gasteiger partial charge in [-0.1, -0.05) is 20.8 Å². The van der Waals surface area contributed by atoms with E-state index in [4.69, 9.17) is 4.42 Å². The van der Waals surface area contributed by atoms with Crippen LogP contribution in [-0.2, 0) is 12.0 Å². The predicted molar refractivity (Wildman–Crippen MR) is 85.6 cm³/mol. The summed E-state index contributed by atoms with van der Waals surface area (Å²) in [5.74, 6) is 1.98. The average Bonchev–Trinajstić information content (AvgIpc) is 3.01. The second-order valence-corrected chi connectivity index (χ2v) is 6.45. The summed E-state index contributed by atoms with van der Waals surface area (Å²) in [6.45, 7) is 9.20. The number of anilines is 1. The zero-order chi connectivity index (χ0) is 15.0. The van der Waals surface area contributed by atoms with Crippen molar-refractivity contribution in [2.45, 2.75) is 39.7 Å². The van der Waals surface area contributed by atoms with E-state index in [2.05, 4.69) is 42.1 Å². The summed E-state index contributed by atoms with van der Waals surface area (Å²) in [5, 5.41) is 3.39. The smallest absolute Gasteiger partial charge is 0.125 e. The molecule has 0 aliphatic carbocycles. The fraction of sp³-hybridized carbons (Fsp3) is 0.353. The maximum Gasteiger partial charge on any atom is 0.125 e. The molecule has 0 aliphatic heterocycles.